The van der Waals surface area contributed by atoms with Crippen molar-refractivity contribution in [3.63, 3.8) is 0 Å². The number of nitriles is 1. The molecule has 0 saturated heterocycles. The molecule has 1 rings (SSSR count). The monoisotopic (exact) mass is 274 g/mol. The lowest BCUT2D eigenvalue weighted by Crippen LogP contribution is -1.76. The number of nitrogens with zero attached hydrogens (tertiary/aromatic N) is 1. The number of rotatable bonds is 0. The van der Waals surface area contributed by atoms with E-state index in [2.05, 4.69) is 31.9 Å². The summed E-state index contributed by atoms with van der Waals surface area (Å²) in [5.41, 5.74) is 0.461. The summed E-state index contributed by atoms with van der Waals surface area (Å²) in [6, 6.07) is 4.92. The predicted molar refractivity (Wildman–Crippen MR) is 46.7 cm³/mol. The summed E-state index contributed by atoms with van der Waals surface area (Å²) in [5.74, 6) is -0.135. The van der Waals surface area contributed by atoms with E-state index in [0.29, 0.717) is 14.5 Å². The van der Waals surface area contributed by atoms with Gasteiger partial charge < -0.3 is 0 Å². The lowest BCUT2D eigenvalue weighted by atomic mass is 10.2. The van der Waals surface area contributed by atoms with Gasteiger partial charge in [-0.2, -0.15) is 5.26 Å². The van der Waals surface area contributed by atoms with Crippen molar-refractivity contribution in [3.05, 3.63) is 26.6 Å². The van der Waals surface area contributed by atoms with Gasteiger partial charge in [-0.1, -0.05) is 0 Å². The van der Waals surface area contributed by atoms with Gasteiger partial charge in [0.05, 0.1) is 20.6 Å². The van der Waals surface area contributed by atoms with Crippen LogP contribution in [0.5, 0.6) is 5.75 Å². The van der Waals surface area contributed by atoms with Crippen LogP contribution in [0.25, 0.3) is 0 Å². The summed E-state index contributed by atoms with van der Waals surface area (Å²) in [6.45, 7) is 0. The van der Waals surface area contributed by atoms with Crippen molar-refractivity contribution in [3.8, 4) is 11.8 Å². The zero-order valence-corrected chi connectivity index (χ0v) is 8.44. The van der Waals surface area contributed by atoms with Crippen LogP contribution < -0.4 is 0 Å². The first-order chi connectivity index (χ1) is 5.15. The molecule has 0 aliphatic heterocycles. The Kier molecular flexibility index (Phi) is 2.53. The molecule has 0 bridgehead atoms. The number of benzene rings is 1. The molecule has 0 fully saturated rings. The van der Waals surface area contributed by atoms with E-state index in [1.165, 1.54) is 12.1 Å². The van der Waals surface area contributed by atoms with Gasteiger partial charge in [0.15, 0.2) is 0 Å². The molecule has 0 spiro atoms. The fourth-order valence-corrected chi connectivity index (χ4v) is 1.81. The molecule has 2 nitrogen and oxygen atoms in total. The van der Waals surface area contributed by atoms with Crippen LogP contribution in [-0.2, 0) is 5.11 Å². The smallest absolute Gasteiger partial charge is 0.206 e. The van der Waals surface area contributed by atoms with Crippen molar-refractivity contribution in [2.75, 3.05) is 0 Å². The second kappa shape index (κ2) is 3.24. The van der Waals surface area contributed by atoms with Crippen LogP contribution in [0.1, 0.15) is 5.56 Å². The Bertz CT molecular complexity index is 307. The van der Waals surface area contributed by atoms with Gasteiger partial charge in [0, 0.05) is 0 Å². The van der Waals surface area contributed by atoms with Crippen molar-refractivity contribution < 1.29 is 5.11 Å². The quantitative estimate of drug-likeness (QED) is 0.717. The molecule has 0 aliphatic carbocycles. The zero-order valence-electron chi connectivity index (χ0n) is 5.27. The Morgan fingerprint density at radius 1 is 1.27 bits per heavy atom. The molecule has 0 unspecified atom stereocenters. The van der Waals surface area contributed by atoms with Crippen LogP contribution in [0.2, 0.25) is 0 Å². The van der Waals surface area contributed by atoms with Crippen LogP contribution in [0, 0.1) is 11.3 Å². The highest BCUT2D eigenvalue weighted by Gasteiger charge is 2.06. The maximum atomic E-state index is 11.0. The molecule has 1 radical (unpaired) electrons. The van der Waals surface area contributed by atoms with E-state index in [-0.39, 0.29) is 5.75 Å². The van der Waals surface area contributed by atoms with Crippen molar-refractivity contribution in [2.45, 2.75) is 0 Å². The summed E-state index contributed by atoms with van der Waals surface area (Å²) >= 11 is 6.09. The van der Waals surface area contributed by atoms with Gasteiger partial charge >= 0.3 is 0 Å². The third-order valence-electron chi connectivity index (χ3n) is 1.13. The minimum atomic E-state index is -0.135. The molecule has 1 aromatic carbocycles. The lowest BCUT2D eigenvalue weighted by molar-refractivity contribution is 0.349. The van der Waals surface area contributed by atoms with Crippen molar-refractivity contribution >= 4 is 31.9 Å². The molecular weight excluding hydrogens is 274 g/mol. The minimum absolute atomic E-state index is 0.135. The molecule has 0 heterocycles. The van der Waals surface area contributed by atoms with Crippen molar-refractivity contribution in [1.29, 1.82) is 5.26 Å². The summed E-state index contributed by atoms with van der Waals surface area (Å²) in [7, 11) is 0. The second-order valence-electron chi connectivity index (χ2n) is 1.88. The maximum Gasteiger partial charge on any atom is 0.206 e. The van der Waals surface area contributed by atoms with E-state index in [4.69, 9.17) is 5.26 Å². The van der Waals surface area contributed by atoms with Gasteiger partial charge in [-0.3, -0.25) is 5.11 Å². The highest BCUT2D eigenvalue weighted by atomic mass is 79.9. The summed E-state index contributed by atoms with van der Waals surface area (Å²) in [5, 5.41) is 19.5. The molecule has 55 valence electrons. The Labute approximate surface area is 80.7 Å². The minimum Gasteiger partial charge on any atom is -0.287 e. The highest BCUT2D eigenvalue weighted by molar-refractivity contribution is 9.11. The fraction of sp³-hybridized carbons (Fsp3) is 0. The zero-order chi connectivity index (χ0) is 8.43. The molecule has 0 aliphatic rings. The Balaban J connectivity index is 3.35. The maximum absolute atomic E-state index is 11.0. The van der Waals surface area contributed by atoms with E-state index < -0.39 is 0 Å². The summed E-state index contributed by atoms with van der Waals surface area (Å²) in [4.78, 5) is 0. The number of halogens is 2. The summed E-state index contributed by atoms with van der Waals surface area (Å²) < 4.78 is 0.812. The van der Waals surface area contributed by atoms with Gasteiger partial charge in [-0.05, 0) is 44.0 Å². The fourth-order valence-electron chi connectivity index (χ4n) is 0.624. The molecule has 0 aromatic heterocycles. The van der Waals surface area contributed by atoms with Gasteiger partial charge in [-0.15, -0.1) is 0 Å². The average molecular weight is 276 g/mol. The Morgan fingerprint density at radius 2 is 1.73 bits per heavy atom. The molecule has 0 atom stereocenters. The highest BCUT2D eigenvalue weighted by Crippen LogP contribution is 2.33. The SMILES string of the molecule is N#Cc1cc(Br)c([O])c(Br)c1. The van der Waals surface area contributed by atoms with Gasteiger partial charge in [0.25, 0.3) is 0 Å². The topological polar surface area (TPSA) is 43.7 Å². The van der Waals surface area contributed by atoms with Gasteiger partial charge in [0.1, 0.15) is 0 Å². The summed E-state index contributed by atoms with van der Waals surface area (Å²) in [6.07, 6.45) is 0. The van der Waals surface area contributed by atoms with E-state index >= 15 is 0 Å². The van der Waals surface area contributed by atoms with Crippen LogP contribution in [0.15, 0.2) is 21.1 Å². The van der Waals surface area contributed by atoms with Crippen LogP contribution >= 0.6 is 31.9 Å². The first kappa shape index (κ1) is 8.57. The standard InChI is InChI=1S/C7H2Br2NO/c8-5-1-4(3-10)2-6(9)7(5)11/h1-2H. The van der Waals surface area contributed by atoms with Gasteiger partial charge in [0.2, 0.25) is 5.75 Å². The van der Waals surface area contributed by atoms with E-state index in [9.17, 15) is 5.11 Å². The largest absolute Gasteiger partial charge is 0.287 e. The Morgan fingerprint density at radius 3 is 2.09 bits per heavy atom. The molecule has 0 N–H and O–H groups in total. The molecule has 1 aromatic rings. The predicted octanol–water partition coefficient (Wildman–Crippen LogP) is 3.23. The molecule has 0 amide bonds. The molecular formula is C7H2Br2NO. The first-order valence-corrected chi connectivity index (χ1v) is 4.30. The van der Waals surface area contributed by atoms with Crippen LogP contribution in [-0.4, -0.2) is 0 Å². The molecule has 0 saturated carbocycles. The Hall–Kier alpha value is -0.530. The van der Waals surface area contributed by atoms with E-state index in [0.717, 1.165) is 0 Å². The number of hydrogen-bond donors (Lipinski definition) is 0. The van der Waals surface area contributed by atoms with Crippen molar-refractivity contribution in [1.82, 2.24) is 0 Å². The first-order valence-electron chi connectivity index (χ1n) is 2.71. The van der Waals surface area contributed by atoms with Crippen LogP contribution in [0.3, 0.4) is 0 Å². The van der Waals surface area contributed by atoms with E-state index in [1.54, 1.807) is 0 Å². The number of hydrogen-bond acceptors (Lipinski definition) is 1. The lowest BCUT2D eigenvalue weighted by Gasteiger charge is -1.96. The second-order valence-corrected chi connectivity index (χ2v) is 3.59. The molecule has 11 heavy (non-hydrogen) atoms. The normalized spacial score (nSPS) is 9.18. The van der Waals surface area contributed by atoms with Crippen LogP contribution in [0.4, 0.5) is 0 Å². The molecule has 4 heteroatoms. The third kappa shape index (κ3) is 1.73. The van der Waals surface area contributed by atoms with Crippen molar-refractivity contribution in [2.24, 2.45) is 0 Å². The van der Waals surface area contributed by atoms with Gasteiger partial charge in [-0.25, -0.2) is 0 Å². The average Bonchev–Trinajstić information content (AvgIpc) is 1.99. The van der Waals surface area contributed by atoms with E-state index in [1.807, 2.05) is 6.07 Å². The third-order valence-corrected chi connectivity index (χ3v) is 2.31.